The van der Waals surface area contributed by atoms with Crippen LogP contribution < -0.4 is 15.1 Å². The maximum Gasteiger partial charge on any atom is 0.295 e. The van der Waals surface area contributed by atoms with Crippen LogP contribution in [-0.2, 0) is 17.8 Å². The number of benzene rings is 2. The molecule has 0 saturated heterocycles. The number of hydrogen-bond donors (Lipinski definition) is 2. The van der Waals surface area contributed by atoms with Crippen LogP contribution in [0.5, 0.6) is 5.75 Å². The molecule has 2 atom stereocenters. The molecule has 1 aliphatic heterocycles. The molecule has 2 aromatic carbocycles. The first kappa shape index (κ1) is 19.8. The number of amides is 1. The Balaban J connectivity index is 1.31. The number of quaternary nitrogens is 1. The van der Waals surface area contributed by atoms with Crippen LogP contribution in [0.15, 0.2) is 47.6 Å². The fourth-order valence-corrected chi connectivity index (χ4v) is 5.26. The lowest BCUT2D eigenvalue weighted by Crippen LogP contribution is -3.14. The summed E-state index contributed by atoms with van der Waals surface area (Å²) in [5, 5.41) is 5.57. The fraction of sp³-hybridized carbons (Fsp3) is 0.360. The van der Waals surface area contributed by atoms with Gasteiger partial charge < -0.3 is 14.2 Å². The molecule has 0 bridgehead atoms. The van der Waals surface area contributed by atoms with Gasteiger partial charge in [-0.3, -0.25) is 4.79 Å². The Morgan fingerprint density at radius 2 is 2.23 bits per heavy atom. The van der Waals surface area contributed by atoms with Crippen molar-refractivity contribution in [2.45, 2.75) is 38.8 Å². The van der Waals surface area contributed by atoms with E-state index in [4.69, 9.17) is 4.74 Å². The first-order valence-electron chi connectivity index (χ1n) is 11.1. The molecule has 0 radical (unpaired) electrons. The molecule has 6 heteroatoms. The molecule has 0 saturated carbocycles. The molecular formula is C25H29N4O2+. The molecule has 1 unspecified atom stereocenters. The number of hydrazone groups is 1. The molecular weight excluding hydrogens is 388 g/mol. The predicted molar refractivity (Wildman–Crippen MR) is 122 cm³/mol. The van der Waals surface area contributed by atoms with E-state index in [1.165, 1.54) is 39.0 Å². The van der Waals surface area contributed by atoms with Gasteiger partial charge in [-0.2, -0.15) is 5.10 Å². The van der Waals surface area contributed by atoms with Crippen LogP contribution in [0.2, 0.25) is 0 Å². The maximum atomic E-state index is 12.6. The number of fused-ring (bicyclic) bond motifs is 3. The van der Waals surface area contributed by atoms with E-state index < -0.39 is 0 Å². The van der Waals surface area contributed by atoms with Crippen molar-refractivity contribution in [2.75, 3.05) is 20.2 Å². The molecule has 1 aromatic heterocycles. The highest BCUT2D eigenvalue weighted by Crippen LogP contribution is 2.37. The van der Waals surface area contributed by atoms with Gasteiger partial charge in [0.05, 0.1) is 32.1 Å². The van der Waals surface area contributed by atoms with Gasteiger partial charge in [0.25, 0.3) is 5.91 Å². The number of hydrogen-bond acceptors (Lipinski definition) is 3. The van der Waals surface area contributed by atoms with E-state index in [-0.39, 0.29) is 5.91 Å². The minimum atomic E-state index is -0.0401. The zero-order chi connectivity index (χ0) is 21.4. The number of methoxy groups -OCH3 is 1. The van der Waals surface area contributed by atoms with Crippen LogP contribution in [-0.4, -0.2) is 36.9 Å². The Bertz CT molecular complexity index is 1160. The fourth-order valence-electron chi connectivity index (χ4n) is 5.26. The zero-order valence-corrected chi connectivity index (χ0v) is 18.1. The standard InChI is InChI=1S/C25H28N4O2/c1-17-9-10-22-21(13-17)20-7-4-8-23-25(20)29(22)12-11-28(23)16-24(30)27-26-15-18-5-3-6-19(14-18)31-2/h3,5-6,9-10,13-15,23H,4,7-8,11-12,16H2,1-2H3,(H,27,30)/p+1/b26-15-/t23-/m1/s1. The molecule has 0 fully saturated rings. The van der Waals surface area contributed by atoms with E-state index in [2.05, 4.69) is 40.2 Å². The van der Waals surface area contributed by atoms with Crippen molar-refractivity contribution in [3.8, 4) is 5.75 Å². The molecule has 1 aliphatic carbocycles. The van der Waals surface area contributed by atoms with Crippen LogP contribution in [0.25, 0.3) is 10.9 Å². The maximum absolute atomic E-state index is 12.6. The van der Waals surface area contributed by atoms with Crippen LogP contribution >= 0.6 is 0 Å². The van der Waals surface area contributed by atoms with Gasteiger partial charge in [-0.1, -0.05) is 23.8 Å². The first-order valence-corrected chi connectivity index (χ1v) is 11.1. The quantitative estimate of drug-likeness (QED) is 0.495. The lowest BCUT2D eigenvalue weighted by molar-refractivity contribution is -0.929. The number of carbonyl (C=O) groups excluding carboxylic acids is 1. The van der Waals surface area contributed by atoms with Crippen molar-refractivity contribution in [1.82, 2.24) is 9.99 Å². The van der Waals surface area contributed by atoms with Crippen LogP contribution in [0.4, 0.5) is 0 Å². The summed E-state index contributed by atoms with van der Waals surface area (Å²) in [6.45, 7) is 4.53. The van der Waals surface area contributed by atoms with Crippen molar-refractivity contribution in [2.24, 2.45) is 5.10 Å². The average Bonchev–Trinajstić information content (AvgIpc) is 3.10. The second kappa shape index (κ2) is 8.19. The van der Waals surface area contributed by atoms with E-state index in [0.29, 0.717) is 12.6 Å². The minimum absolute atomic E-state index is 0.0401. The van der Waals surface area contributed by atoms with Crippen molar-refractivity contribution in [1.29, 1.82) is 0 Å². The van der Waals surface area contributed by atoms with Gasteiger partial charge in [0.2, 0.25) is 0 Å². The van der Waals surface area contributed by atoms with Gasteiger partial charge in [-0.05, 0) is 55.2 Å². The number of carbonyl (C=O) groups is 1. The molecule has 0 spiro atoms. The largest absolute Gasteiger partial charge is 0.497 e. The third kappa shape index (κ3) is 3.72. The van der Waals surface area contributed by atoms with Gasteiger partial charge in [0.1, 0.15) is 11.8 Å². The van der Waals surface area contributed by atoms with E-state index >= 15 is 0 Å². The molecule has 1 amide bonds. The molecule has 31 heavy (non-hydrogen) atoms. The summed E-state index contributed by atoms with van der Waals surface area (Å²) in [6, 6.07) is 14.8. The number of nitrogens with one attached hydrogen (secondary N) is 2. The number of ether oxygens (including phenoxy) is 1. The molecule has 3 aromatic rings. The predicted octanol–water partition coefficient (Wildman–Crippen LogP) is 2.38. The monoisotopic (exact) mass is 417 g/mol. The number of rotatable bonds is 5. The molecule has 2 aliphatic rings. The lowest BCUT2D eigenvalue weighted by atomic mass is 9.89. The first-order chi connectivity index (χ1) is 15.1. The molecule has 5 rings (SSSR count). The van der Waals surface area contributed by atoms with E-state index in [1.54, 1.807) is 13.3 Å². The summed E-state index contributed by atoms with van der Waals surface area (Å²) < 4.78 is 7.73. The normalized spacial score (nSPS) is 20.1. The van der Waals surface area contributed by atoms with E-state index in [1.807, 2.05) is 24.3 Å². The average molecular weight is 418 g/mol. The van der Waals surface area contributed by atoms with Gasteiger partial charge in [0, 0.05) is 17.3 Å². The highest BCUT2D eigenvalue weighted by atomic mass is 16.5. The summed E-state index contributed by atoms with van der Waals surface area (Å²) in [4.78, 5) is 14.0. The molecule has 2 N–H and O–H groups in total. The molecule has 160 valence electrons. The Labute approximate surface area is 182 Å². The third-order valence-electron chi connectivity index (χ3n) is 6.65. The highest BCUT2D eigenvalue weighted by Gasteiger charge is 2.38. The summed E-state index contributed by atoms with van der Waals surface area (Å²) in [6.07, 6.45) is 5.12. The minimum Gasteiger partial charge on any atom is -0.497 e. The number of aryl methyl sites for hydroxylation is 2. The van der Waals surface area contributed by atoms with Gasteiger partial charge in [-0.25, -0.2) is 5.43 Å². The summed E-state index contributed by atoms with van der Waals surface area (Å²) in [7, 11) is 1.64. The number of nitrogens with zero attached hydrogens (tertiary/aromatic N) is 2. The smallest absolute Gasteiger partial charge is 0.295 e. The highest BCUT2D eigenvalue weighted by molar-refractivity contribution is 5.87. The summed E-state index contributed by atoms with van der Waals surface area (Å²) >= 11 is 0. The van der Waals surface area contributed by atoms with Crippen molar-refractivity contribution in [3.63, 3.8) is 0 Å². The Hall–Kier alpha value is -3.12. The van der Waals surface area contributed by atoms with Crippen molar-refractivity contribution < 1.29 is 14.4 Å². The second-order valence-electron chi connectivity index (χ2n) is 8.64. The summed E-state index contributed by atoms with van der Waals surface area (Å²) in [5.41, 5.74) is 9.23. The topological polar surface area (TPSA) is 60.1 Å². The van der Waals surface area contributed by atoms with Crippen LogP contribution in [0.3, 0.4) is 0 Å². The third-order valence-corrected chi connectivity index (χ3v) is 6.65. The zero-order valence-electron chi connectivity index (χ0n) is 18.1. The van der Waals surface area contributed by atoms with Gasteiger partial charge in [0.15, 0.2) is 6.54 Å². The second-order valence-corrected chi connectivity index (χ2v) is 8.64. The number of aromatic nitrogens is 1. The van der Waals surface area contributed by atoms with Crippen molar-refractivity contribution >= 4 is 23.0 Å². The molecule has 2 heterocycles. The Morgan fingerprint density at radius 3 is 3.10 bits per heavy atom. The van der Waals surface area contributed by atoms with Gasteiger partial charge in [-0.15, -0.1) is 0 Å². The van der Waals surface area contributed by atoms with Gasteiger partial charge >= 0.3 is 0 Å². The van der Waals surface area contributed by atoms with Crippen molar-refractivity contribution in [3.05, 3.63) is 64.8 Å². The van der Waals surface area contributed by atoms with E-state index in [0.717, 1.165) is 37.2 Å². The SMILES string of the molecule is COc1cccc(/C=N\NC(=O)C[NH+]2CCn3c4c(c5cc(C)ccc53)CCC[C@H]42)c1. The summed E-state index contributed by atoms with van der Waals surface area (Å²) in [5.74, 6) is 0.730. The molecule has 6 nitrogen and oxygen atoms in total. The Morgan fingerprint density at radius 1 is 1.32 bits per heavy atom. The van der Waals surface area contributed by atoms with Crippen LogP contribution in [0, 0.1) is 6.92 Å². The van der Waals surface area contributed by atoms with E-state index in [9.17, 15) is 4.79 Å². The van der Waals surface area contributed by atoms with Crippen LogP contribution in [0.1, 0.15) is 41.3 Å². The lowest BCUT2D eigenvalue weighted by Gasteiger charge is -2.36. The Kier molecular flexibility index (Phi) is 5.24.